The molecule has 0 aliphatic heterocycles. The first kappa shape index (κ1) is 17.0. The first-order chi connectivity index (χ1) is 11.3. The highest BCUT2D eigenvalue weighted by Gasteiger charge is 2.18. The lowest BCUT2D eigenvalue weighted by atomic mass is 10.1. The van der Waals surface area contributed by atoms with Gasteiger partial charge in [0.1, 0.15) is 11.6 Å². The summed E-state index contributed by atoms with van der Waals surface area (Å²) >= 11 is 5.87. The number of rotatable bonds is 5. The van der Waals surface area contributed by atoms with Gasteiger partial charge in [0.25, 0.3) is 0 Å². The van der Waals surface area contributed by atoms with Gasteiger partial charge in [-0.2, -0.15) is 0 Å². The number of fused-ring (bicyclic) bond motifs is 1. The van der Waals surface area contributed by atoms with E-state index in [1.54, 1.807) is 28.8 Å². The number of aliphatic hydroxyl groups excluding tert-OH is 1. The molecule has 1 aromatic heterocycles. The summed E-state index contributed by atoms with van der Waals surface area (Å²) in [7, 11) is -3.24. The minimum absolute atomic E-state index is 0.172. The summed E-state index contributed by atoms with van der Waals surface area (Å²) in [4.78, 5) is 4.41. The van der Waals surface area contributed by atoms with E-state index in [1.165, 1.54) is 6.26 Å². The first-order valence-electron chi connectivity index (χ1n) is 7.39. The average molecular weight is 365 g/mol. The molecule has 1 N–H and O–H groups in total. The van der Waals surface area contributed by atoms with Gasteiger partial charge in [0.15, 0.2) is 9.84 Å². The second kappa shape index (κ2) is 6.55. The van der Waals surface area contributed by atoms with Crippen molar-refractivity contribution in [3.8, 4) is 0 Å². The molecule has 0 fully saturated rings. The minimum Gasteiger partial charge on any atom is -0.387 e. The molecule has 0 radical (unpaired) electrons. The van der Waals surface area contributed by atoms with Crippen molar-refractivity contribution in [3.63, 3.8) is 0 Å². The SMILES string of the molecule is CS(=O)(=O)Cc1nc2ccccc2n1C[C@@H](O)c1ccc(Cl)cc1. The number of halogens is 1. The van der Waals surface area contributed by atoms with Gasteiger partial charge in [-0.3, -0.25) is 0 Å². The number of aromatic nitrogens is 2. The lowest BCUT2D eigenvalue weighted by Crippen LogP contribution is -2.14. The van der Waals surface area contributed by atoms with Crippen molar-refractivity contribution in [2.24, 2.45) is 0 Å². The van der Waals surface area contributed by atoms with Crippen molar-refractivity contribution in [1.82, 2.24) is 9.55 Å². The predicted octanol–water partition coefficient (Wildman–Crippen LogP) is 2.97. The zero-order valence-corrected chi connectivity index (χ0v) is 14.6. The molecule has 0 spiro atoms. The van der Waals surface area contributed by atoms with Crippen molar-refractivity contribution in [2.45, 2.75) is 18.4 Å². The second-order valence-electron chi connectivity index (χ2n) is 5.76. The van der Waals surface area contributed by atoms with Gasteiger partial charge < -0.3 is 9.67 Å². The number of aliphatic hydroxyl groups is 1. The lowest BCUT2D eigenvalue weighted by Gasteiger charge is -2.15. The predicted molar refractivity (Wildman–Crippen MR) is 94.7 cm³/mol. The zero-order valence-electron chi connectivity index (χ0n) is 13.1. The molecule has 1 atom stereocenters. The Hall–Kier alpha value is -1.89. The van der Waals surface area contributed by atoms with Crippen LogP contribution in [0.2, 0.25) is 5.02 Å². The van der Waals surface area contributed by atoms with Gasteiger partial charge in [0.05, 0.1) is 23.7 Å². The molecule has 7 heteroatoms. The van der Waals surface area contributed by atoms with E-state index < -0.39 is 15.9 Å². The molecule has 126 valence electrons. The maximum absolute atomic E-state index is 11.7. The van der Waals surface area contributed by atoms with Gasteiger partial charge in [-0.25, -0.2) is 13.4 Å². The Bertz CT molecular complexity index is 965. The van der Waals surface area contributed by atoms with Crippen molar-refractivity contribution in [2.75, 3.05) is 6.26 Å². The minimum atomic E-state index is -3.24. The van der Waals surface area contributed by atoms with Gasteiger partial charge in [-0.05, 0) is 29.8 Å². The summed E-state index contributed by atoms with van der Waals surface area (Å²) in [6.07, 6.45) is 0.380. The van der Waals surface area contributed by atoms with Crippen LogP contribution in [0, 0.1) is 0 Å². The van der Waals surface area contributed by atoms with E-state index >= 15 is 0 Å². The Morgan fingerprint density at radius 2 is 1.83 bits per heavy atom. The number of para-hydroxylation sites is 2. The first-order valence-corrected chi connectivity index (χ1v) is 9.83. The summed E-state index contributed by atoms with van der Waals surface area (Å²) in [6.45, 7) is 0.215. The van der Waals surface area contributed by atoms with E-state index in [1.807, 2.05) is 24.3 Å². The number of hydrogen-bond donors (Lipinski definition) is 1. The molecular formula is C17H17ClN2O3S. The van der Waals surface area contributed by atoms with E-state index in [9.17, 15) is 13.5 Å². The maximum atomic E-state index is 11.7. The molecule has 24 heavy (non-hydrogen) atoms. The van der Waals surface area contributed by atoms with Gasteiger partial charge in [-0.1, -0.05) is 35.9 Å². The number of hydrogen-bond acceptors (Lipinski definition) is 4. The molecule has 0 saturated heterocycles. The van der Waals surface area contributed by atoms with Crippen molar-refractivity contribution in [3.05, 3.63) is 64.9 Å². The van der Waals surface area contributed by atoms with Gasteiger partial charge in [0.2, 0.25) is 0 Å². The molecule has 2 aromatic carbocycles. The molecule has 0 aliphatic carbocycles. The molecule has 0 amide bonds. The highest BCUT2D eigenvalue weighted by Crippen LogP contribution is 2.23. The molecule has 5 nitrogen and oxygen atoms in total. The van der Waals surface area contributed by atoms with E-state index in [0.717, 1.165) is 5.52 Å². The van der Waals surface area contributed by atoms with E-state index in [4.69, 9.17) is 11.6 Å². The van der Waals surface area contributed by atoms with Crippen LogP contribution in [0.25, 0.3) is 11.0 Å². The van der Waals surface area contributed by atoms with Crippen LogP contribution in [0.4, 0.5) is 0 Å². The summed E-state index contributed by atoms with van der Waals surface area (Å²) in [6, 6.07) is 14.3. The van der Waals surface area contributed by atoms with Crippen LogP contribution in [0.5, 0.6) is 0 Å². The van der Waals surface area contributed by atoms with Crippen LogP contribution in [0.15, 0.2) is 48.5 Å². The van der Waals surface area contributed by atoms with E-state index in [-0.39, 0.29) is 12.3 Å². The molecule has 0 unspecified atom stereocenters. The average Bonchev–Trinajstić information content (AvgIpc) is 2.83. The van der Waals surface area contributed by atoms with E-state index in [2.05, 4.69) is 4.98 Å². The molecule has 1 heterocycles. The molecular weight excluding hydrogens is 348 g/mol. The van der Waals surface area contributed by atoms with Crippen LogP contribution >= 0.6 is 11.6 Å². The van der Waals surface area contributed by atoms with Crippen LogP contribution in [0.1, 0.15) is 17.5 Å². The number of imidazole rings is 1. The highest BCUT2D eigenvalue weighted by molar-refractivity contribution is 7.89. The van der Waals surface area contributed by atoms with Gasteiger partial charge in [-0.15, -0.1) is 0 Å². The number of sulfone groups is 1. The fourth-order valence-electron chi connectivity index (χ4n) is 2.64. The third kappa shape index (κ3) is 3.77. The largest absolute Gasteiger partial charge is 0.387 e. The summed E-state index contributed by atoms with van der Waals surface area (Å²) in [5.74, 6) is 0.251. The topological polar surface area (TPSA) is 72.2 Å². The molecule has 0 saturated carbocycles. The summed E-state index contributed by atoms with van der Waals surface area (Å²) in [5, 5.41) is 11.1. The van der Waals surface area contributed by atoms with Crippen LogP contribution < -0.4 is 0 Å². The monoisotopic (exact) mass is 364 g/mol. The zero-order chi connectivity index (χ0) is 17.3. The fraction of sp³-hybridized carbons (Fsp3) is 0.235. The quantitative estimate of drug-likeness (QED) is 0.755. The van der Waals surface area contributed by atoms with Crippen LogP contribution in [-0.2, 0) is 22.1 Å². The van der Waals surface area contributed by atoms with E-state index in [0.29, 0.717) is 21.9 Å². The normalized spacial score (nSPS) is 13.3. The molecule has 3 aromatic rings. The molecule has 0 aliphatic rings. The summed E-state index contributed by atoms with van der Waals surface area (Å²) in [5.41, 5.74) is 2.21. The second-order valence-corrected chi connectivity index (χ2v) is 8.34. The Morgan fingerprint density at radius 3 is 2.50 bits per heavy atom. The molecule has 0 bridgehead atoms. The van der Waals surface area contributed by atoms with Gasteiger partial charge in [0, 0.05) is 11.3 Å². The van der Waals surface area contributed by atoms with Crippen molar-refractivity contribution < 1.29 is 13.5 Å². The van der Waals surface area contributed by atoms with Crippen LogP contribution in [-0.4, -0.2) is 29.3 Å². The fourth-order valence-corrected chi connectivity index (χ4v) is 3.45. The molecule has 3 rings (SSSR count). The third-order valence-electron chi connectivity index (χ3n) is 3.74. The standard InChI is InChI=1S/C17H17ClN2O3S/c1-24(22,23)11-17-19-14-4-2-3-5-15(14)20(17)10-16(21)12-6-8-13(18)9-7-12/h2-9,16,21H,10-11H2,1H3/t16-/m1/s1. The number of nitrogens with zero attached hydrogens (tertiary/aromatic N) is 2. The van der Waals surface area contributed by atoms with Crippen molar-refractivity contribution in [1.29, 1.82) is 0 Å². The lowest BCUT2D eigenvalue weighted by molar-refractivity contribution is 0.157. The highest BCUT2D eigenvalue weighted by atomic mass is 35.5. The van der Waals surface area contributed by atoms with Crippen LogP contribution in [0.3, 0.4) is 0 Å². The Kier molecular flexibility index (Phi) is 4.62. The van der Waals surface area contributed by atoms with Crippen molar-refractivity contribution >= 4 is 32.5 Å². The maximum Gasteiger partial charge on any atom is 0.154 e. The third-order valence-corrected chi connectivity index (χ3v) is 4.77. The smallest absolute Gasteiger partial charge is 0.154 e. The Morgan fingerprint density at radius 1 is 1.17 bits per heavy atom. The Labute approximate surface area is 145 Å². The Balaban J connectivity index is 2.00. The summed E-state index contributed by atoms with van der Waals surface area (Å²) < 4.78 is 25.1. The number of benzene rings is 2. The van der Waals surface area contributed by atoms with Gasteiger partial charge >= 0.3 is 0 Å².